The minimum Gasteiger partial charge on any atom is -0.338 e. The molecule has 0 aromatic carbocycles. The van der Waals surface area contributed by atoms with Crippen molar-refractivity contribution < 1.29 is 4.79 Å². The minimum absolute atomic E-state index is 0.137. The molecule has 2 atom stereocenters. The third-order valence-corrected chi connectivity index (χ3v) is 3.66. The third-order valence-electron chi connectivity index (χ3n) is 3.43. The fourth-order valence-corrected chi connectivity index (χ4v) is 2.99. The summed E-state index contributed by atoms with van der Waals surface area (Å²) in [6.07, 6.45) is 6.30. The van der Waals surface area contributed by atoms with Crippen LogP contribution in [0, 0.1) is 5.92 Å². The number of carbonyl (C=O) groups is 1. The lowest BCUT2D eigenvalue weighted by Gasteiger charge is -2.37. The maximum atomic E-state index is 11.5. The monoisotopic (exact) mass is 201 g/mol. The first-order valence-electron chi connectivity index (χ1n) is 5.18. The van der Waals surface area contributed by atoms with Crippen molar-refractivity contribution in [2.45, 2.75) is 38.1 Å². The first kappa shape index (κ1) is 9.32. The molecule has 74 valence electrons. The Morgan fingerprint density at radius 1 is 1.31 bits per heavy atom. The molecule has 3 heteroatoms. The molecular weight excluding hydrogens is 186 g/mol. The van der Waals surface area contributed by atoms with Gasteiger partial charge in [-0.1, -0.05) is 6.42 Å². The zero-order chi connectivity index (χ0) is 9.26. The lowest BCUT2D eigenvalue weighted by Crippen LogP contribution is -2.46. The van der Waals surface area contributed by atoms with Crippen LogP contribution < -0.4 is 0 Å². The summed E-state index contributed by atoms with van der Waals surface area (Å²) in [5, 5.41) is 0. The third kappa shape index (κ3) is 1.69. The van der Waals surface area contributed by atoms with E-state index in [0.717, 1.165) is 12.5 Å². The highest BCUT2D eigenvalue weighted by Gasteiger charge is 2.36. The van der Waals surface area contributed by atoms with Crippen LogP contribution in [0.3, 0.4) is 0 Å². The van der Waals surface area contributed by atoms with Crippen LogP contribution in [0.15, 0.2) is 0 Å². The molecule has 2 rings (SSSR count). The highest BCUT2D eigenvalue weighted by Crippen LogP contribution is 2.36. The SMILES string of the molecule is O=C(CCl)N1CCCC2CCCC21. The summed E-state index contributed by atoms with van der Waals surface area (Å²) >= 11 is 5.58. The zero-order valence-corrected chi connectivity index (χ0v) is 8.59. The summed E-state index contributed by atoms with van der Waals surface area (Å²) in [6, 6.07) is 0.528. The largest absolute Gasteiger partial charge is 0.338 e. The number of halogens is 1. The normalized spacial score (nSPS) is 33.2. The van der Waals surface area contributed by atoms with Crippen molar-refractivity contribution in [2.24, 2.45) is 5.92 Å². The number of likely N-dealkylation sites (tertiary alicyclic amines) is 1. The summed E-state index contributed by atoms with van der Waals surface area (Å²) in [5.41, 5.74) is 0. The predicted octanol–water partition coefficient (Wildman–Crippen LogP) is 2.02. The average molecular weight is 202 g/mol. The van der Waals surface area contributed by atoms with Gasteiger partial charge in [-0.05, 0) is 31.6 Å². The van der Waals surface area contributed by atoms with Crippen molar-refractivity contribution in [1.82, 2.24) is 4.90 Å². The van der Waals surface area contributed by atoms with Crippen LogP contribution in [0.5, 0.6) is 0 Å². The fourth-order valence-electron chi connectivity index (χ4n) is 2.84. The van der Waals surface area contributed by atoms with Crippen LogP contribution in [-0.2, 0) is 4.79 Å². The molecule has 1 saturated carbocycles. The van der Waals surface area contributed by atoms with Crippen LogP contribution in [0.25, 0.3) is 0 Å². The molecule has 0 radical (unpaired) electrons. The van der Waals surface area contributed by atoms with E-state index < -0.39 is 0 Å². The van der Waals surface area contributed by atoms with Crippen molar-refractivity contribution in [3.63, 3.8) is 0 Å². The molecule has 1 aliphatic heterocycles. The maximum Gasteiger partial charge on any atom is 0.237 e. The predicted molar refractivity (Wildman–Crippen MR) is 52.8 cm³/mol. The summed E-state index contributed by atoms with van der Waals surface area (Å²) in [4.78, 5) is 13.5. The van der Waals surface area contributed by atoms with Crippen molar-refractivity contribution in [3.05, 3.63) is 0 Å². The molecule has 2 unspecified atom stereocenters. The number of fused-ring (bicyclic) bond motifs is 1. The molecule has 1 aliphatic carbocycles. The van der Waals surface area contributed by atoms with Gasteiger partial charge in [-0.25, -0.2) is 0 Å². The first-order valence-corrected chi connectivity index (χ1v) is 5.72. The number of nitrogens with zero attached hydrogens (tertiary/aromatic N) is 1. The second kappa shape index (κ2) is 3.87. The number of hydrogen-bond acceptors (Lipinski definition) is 1. The number of rotatable bonds is 1. The first-order chi connectivity index (χ1) is 6.33. The number of carbonyl (C=O) groups excluding carboxylic acids is 1. The Morgan fingerprint density at radius 2 is 2.08 bits per heavy atom. The van der Waals surface area contributed by atoms with Crippen molar-refractivity contribution >= 4 is 17.5 Å². The Hall–Kier alpha value is -0.240. The van der Waals surface area contributed by atoms with Gasteiger partial charge in [0, 0.05) is 12.6 Å². The molecule has 0 aromatic heterocycles. The molecule has 0 bridgehead atoms. The molecule has 0 aromatic rings. The molecular formula is C10H16ClNO. The van der Waals surface area contributed by atoms with Crippen LogP contribution >= 0.6 is 11.6 Å². The lowest BCUT2D eigenvalue weighted by molar-refractivity contribution is -0.133. The highest BCUT2D eigenvalue weighted by atomic mass is 35.5. The van der Waals surface area contributed by atoms with E-state index in [2.05, 4.69) is 0 Å². The second-order valence-electron chi connectivity index (χ2n) is 4.12. The Bertz CT molecular complexity index is 207. The second-order valence-corrected chi connectivity index (χ2v) is 4.39. The van der Waals surface area contributed by atoms with E-state index in [1.54, 1.807) is 0 Å². The average Bonchev–Trinajstić information content (AvgIpc) is 2.63. The summed E-state index contributed by atoms with van der Waals surface area (Å²) < 4.78 is 0. The van der Waals surface area contributed by atoms with Gasteiger partial charge in [-0.15, -0.1) is 11.6 Å². The van der Waals surface area contributed by atoms with Gasteiger partial charge in [0.05, 0.1) is 0 Å². The summed E-state index contributed by atoms with van der Waals surface area (Å²) in [7, 11) is 0. The van der Waals surface area contributed by atoms with E-state index in [9.17, 15) is 4.79 Å². The topological polar surface area (TPSA) is 20.3 Å². The molecule has 13 heavy (non-hydrogen) atoms. The van der Waals surface area contributed by atoms with E-state index >= 15 is 0 Å². The van der Waals surface area contributed by atoms with Gasteiger partial charge in [0.1, 0.15) is 5.88 Å². The van der Waals surface area contributed by atoms with Crippen LogP contribution in [0.1, 0.15) is 32.1 Å². The van der Waals surface area contributed by atoms with Crippen LogP contribution in [0.4, 0.5) is 0 Å². The molecule has 2 fully saturated rings. The van der Waals surface area contributed by atoms with E-state index in [-0.39, 0.29) is 11.8 Å². The van der Waals surface area contributed by atoms with Crippen molar-refractivity contribution in [2.75, 3.05) is 12.4 Å². The van der Waals surface area contributed by atoms with Crippen molar-refractivity contribution in [1.29, 1.82) is 0 Å². The summed E-state index contributed by atoms with van der Waals surface area (Å²) in [5.74, 6) is 1.07. The standard InChI is InChI=1S/C10H16ClNO/c11-7-10(13)12-6-2-4-8-3-1-5-9(8)12/h8-9H,1-7H2. The van der Waals surface area contributed by atoms with Gasteiger partial charge in [0.25, 0.3) is 0 Å². The molecule has 2 nitrogen and oxygen atoms in total. The number of alkyl halides is 1. The van der Waals surface area contributed by atoms with E-state index in [1.165, 1.54) is 32.1 Å². The zero-order valence-electron chi connectivity index (χ0n) is 7.84. The molecule has 2 aliphatic rings. The number of piperidine rings is 1. The quantitative estimate of drug-likeness (QED) is 0.595. The minimum atomic E-state index is 0.137. The van der Waals surface area contributed by atoms with Gasteiger partial charge >= 0.3 is 0 Å². The van der Waals surface area contributed by atoms with Gasteiger partial charge in [-0.2, -0.15) is 0 Å². The molecule has 1 saturated heterocycles. The Kier molecular flexibility index (Phi) is 2.77. The van der Waals surface area contributed by atoms with Gasteiger partial charge in [0.2, 0.25) is 5.91 Å². The highest BCUT2D eigenvalue weighted by molar-refractivity contribution is 6.27. The Labute approximate surface area is 84.2 Å². The number of hydrogen-bond donors (Lipinski definition) is 0. The van der Waals surface area contributed by atoms with Gasteiger partial charge in [0.15, 0.2) is 0 Å². The molecule has 0 N–H and O–H groups in total. The van der Waals surface area contributed by atoms with Crippen LogP contribution in [-0.4, -0.2) is 29.3 Å². The fraction of sp³-hybridized carbons (Fsp3) is 0.900. The van der Waals surface area contributed by atoms with E-state index in [4.69, 9.17) is 11.6 Å². The Morgan fingerprint density at radius 3 is 2.85 bits per heavy atom. The van der Waals surface area contributed by atoms with E-state index in [0.29, 0.717) is 6.04 Å². The van der Waals surface area contributed by atoms with Crippen molar-refractivity contribution in [3.8, 4) is 0 Å². The van der Waals surface area contributed by atoms with E-state index in [1.807, 2.05) is 4.90 Å². The molecule has 1 amide bonds. The smallest absolute Gasteiger partial charge is 0.237 e. The molecule has 0 spiro atoms. The number of amides is 1. The maximum absolute atomic E-state index is 11.5. The summed E-state index contributed by atoms with van der Waals surface area (Å²) in [6.45, 7) is 0.937. The van der Waals surface area contributed by atoms with Crippen LogP contribution in [0.2, 0.25) is 0 Å². The lowest BCUT2D eigenvalue weighted by atomic mass is 9.92. The Balaban J connectivity index is 2.05. The van der Waals surface area contributed by atoms with Gasteiger partial charge < -0.3 is 4.90 Å². The molecule has 1 heterocycles. The van der Waals surface area contributed by atoms with Gasteiger partial charge in [-0.3, -0.25) is 4.79 Å².